The fourth-order valence-corrected chi connectivity index (χ4v) is 4.83. The topological polar surface area (TPSA) is 73.1 Å². The molecule has 0 aromatic heterocycles. The quantitative estimate of drug-likeness (QED) is 0.369. The number of nitriles is 1. The maximum Gasteiger partial charge on any atom is 0.407 e. The number of hydrogen-bond acceptors (Lipinski definition) is 4. The Bertz CT molecular complexity index is 918. The Morgan fingerprint density at radius 1 is 1.20 bits per heavy atom. The van der Waals surface area contributed by atoms with Gasteiger partial charge in [-0.15, -0.1) is 0 Å². The number of Topliss-reactive ketones (excluding diaryl/α,β-unsaturated/α-hetero) is 1. The predicted molar refractivity (Wildman–Crippen MR) is 124 cm³/mol. The number of carbonyl (C=O) groups excluding carboxylic acids is 1. The van der Waals surface area contributed by atoms with Gasteiger partial charge in [0.25, 0.3) is 0 Å². The van der Waals surface area contributed by atoms with Crippen LogP contribution in [0.3, 0.4) is 0 Å². The molecule has 0 radical (unpaired) electrons. The molecule has 4 nitrogen and oxygen atoms in total. The minimum atomic E-state index is -4.61. The fourth-order valence-electron chi connectivity index (χ4n) is 2.93. The molecule has 2 N–H and O–H groups in total. The van der Waals surface area contributed by atoms with Crippen LogP contribution in [0.2, 0.25) is 0 Å². The number of benzene rings is 2. The van der Waals surface area contributed by atoms with E-state index in [-0.39, 0.29) is 30.6 Å². The van der Waals surface area contributed by atoms with Gasteiger partial charge >= 0.3 is 6.18 Å². The van der Waals surface area contributed by atoms with Crippen molar-refractivity contribution in [2.45, 2.75) is 44.4 Å². The maximum absolute atomic E-state index is 13.8. The van der Waals surface area contributed by atoms with Crippen molar-refractivity contribution in [2.24, 2.45) is 0 Å². The first kappa shape index (κ1) is 24.9. The Morgan fingerprint density at radius 2 is 1.77 bits per heavy atom. The molecule has 0 spiro atoms. The SMILES string of the molecule is Cc1ccc([C@H](N[C@@H](Cc2cc(I)c(O)c(I)c2)C(=O)CCC#N)C(F)(F)F)cc1. The second kappa shape index (κ2) is 10.8. The Balaban J connectivity index is 2.38. The molecule has 0 aliphatic heterocycles. The van der Waals surface area contributed by atoms with Crippen LogP contribution in [0.25, 0.3) is 0 Å². The number of ketones is 1. The molecule has 0 unspecified atom stereocenters. The molecule has 0 aliphatic rings. The lowest BCUT2D eigenvalue weighted by molar-refractivity contribution is -0.160. The molecule has 0 saturated heterocycles. The van der Waals surface area contributed by atoms with E-state index < -0.39 is 24.0 Å². The van der Waals surface area contributed by atoms with E-state index in [2.05, 4.69) is 5.32 Å². The van der Waals surface area contributed by atoms with Crippen LogP contribution in [-0.4, -0.2) is 23.1 Å². The molecule has 0 saturated carbocycles. The molecule has 2 aromatic rings. The molecule has 2 rings (SSSR count). The second-order valence-corrected chi connectivity index (χ2v) is 9.17. The Hall–Kier alpha value is -1.39. The highest BCUT2D eigenvalue weighted by Gasteiger charge is 2.42. The van der Waals surface area contributed by atoms with Crippen LogP contribution >= 0.6 is 45.2 Å². The highest BCUT2D eigenvalue weighted by atomic mass is 127. The van der Waals surface area contributed by atoms with Gasteiger partial charge in [-0.3, -0.25) is 10.1 Å². The number of alkyl halides is 3. The number of hydrogen-bond donors (Lipinski definition) is 2. The van der Waals surface area contributed by atoms with Gasteiger partial charge < -0.3 is 5.11 Å². The van der Waals surface area contributed by atoms with Crippen LogP contribution < -0.4 is 5.32 Å². The number of rotatable bonds is 8. The number of nitrogens with one attached hydrogen (secondary N) is 1. The summed E-state index contributed by atoms with van der Waals surface area (Å²) in [6.07, 6.45) is -4.81. The van der Waals surface area contributed by atoms with Crippen molar-refractivity contribution >= 4 is 51.0 Å². The van der Waals surface area contributed by atoms with Crippen LogP contribution in [0.5, 0.6) is 5.75 Å². The Kier molecular flexibility index (Phi) is 8.93. The molecule has 0 heterocycles. The van der Waals surface area contributed by atoms with Crippen molar-refractivity contribution in [1.29, 1.82) is 5.26 Å². The summed E-state index contributed by atoms with van der Waals surface area (Å²) in [5, 5.41) is 21.2. The molecule has 0 bridgehead atoms. The molecule has 2 aromatic carbocycles. The Labute approximate surface area is 200 Å². The first-order chi connectivity index (χ1) is 14.0. The van der Waals surface area contributed by atoms with Crippen molar-refractivity contribution in [3.05, 3.63) is 60.2 Å². The lowest BCUT2D eigenvalue weighted by Crippen LogP contribution is -2.46. The normalized spacial score (nSPS) is 13.5. The zero-order chi connectivity index (χ0) is 22.5. The number of phenolic OH excluding ortho intramolecular Hbond substituents is 1. The van der Waals surface area contributed by atoms with Gasteiger partial charge in [0, 0.05) is 12.8 Å². The first-order valence-corrected chi connectivity index (χ1v) is 11.1. The van der Waals surface area contributed by atoms with Gasteiger partial charge in [0.2, 0.25) is 0 Å². The first-order valence-electron chi connectivity index (χ1n) is 8.98. The minimum absolute atomic E-state index is 0.00892. The fraction of sp³-hybridized carbons (Fsp3) is 0.333. The molecule has 2 atom stereocenters. The summed E-state index contributed by atoms with van der Waals surface area (Å²) in [6.45, 7) is 1.78. The molecule has 9 heteroatoms. The molecule has 0 amide bonds. The number of carbonyl (C=O) groups is 1. The summed E-state index contributed by atoms with van der Waals surface area (Å²) in [4.78, 5) is 12.7. The second-order valence-electron chi connectivity index (χ2n) is 6.84. The third-order valence-corrected chi connectivity index (χ3v) is 6.14. The zero-order valence-electron chi connectivity index (χ0n) is 15.9. The van der Waals surface area contributed by atoms with E-state index in [1.54, 1.807) is 31.2 Å². The predicted octanol–water partition coefficient (Wildman–Crippen LogP) is 5.59. The molecule has 0 aliphatic carbocycles. The largest absolute Gasteiger partial charge is 0.506 e. The van der Waals surface area contributed by atoms with Crippen molar-refractivity contribution in [3.8, 4) is 11.8 Å². The Morgan fingerprint density at radius 3 is 2.27 bits per heavy atom. The average molecular weight is 642 g/mol. The molecule has 30 heavy (non-hydrogen) atoms. The van der Waals surface area contributed by atoms with Gasteiger partial charge in [0.1, 0.15) is 11.8 Å². The van der Waals surface area contributed by atoms with E-state index in [9.17, 15) is 23.1 Å². The van der Waals surface area contributed by atoms with E-state index in [4.69, 9.17) is 5.26 Å². The van der Waals surface area contributed by atoms with Crippen molar-refractivity contribution in [3.63, 3.8) is 0 Å². The van der Waals surface area contributed by atoms with Gasteiger partial charge in [0.15, 0.2) is 5.78 Å². The zero-order valence-corrected chi connectivity index (χ0v) is 20.2. The van der Waals surface area contributed by atoms with Gasteiger partial charge in [-0.25, -0.2) is 0 Å². The molecule has 0 fully saturated rings. The smallest absolute Gasteiger partial charge is 0.407 e. The monoisotopic (exact) mass is 642 g/mol. The van der Waals surface area contributed by atoms with Gasteiger partial charge in [-0.05, 0) is 81.8 Å². The maximum atomic E-state index is 13.8. The van der Waals surface area contributed by atoms with Crippen LogP contribution in [0, 0.1) is 25.4 Å². The summed E-state index contributed by atoms with van der Waals surface area (Å²) in [5.74, 6) is -0.371. The van der Waals surface area contributed by atoms with E-state index >= 15 is 0 Å². The summed E-state index contributed by atoms with van der Waals surface area (Å²) >= 11 is 3.86. The van der Waals surface area contributed by atoms with Crippen LogP contribution in [0.4, 0.5) is 13.2 Å². The highest BCUT2D eigenvalue weighted by Crippen LogP contribution is 2.34. The number of halogens is 5. The third-order valence-electron chi connectivity index (χ3n) is 4.49. The van der Waals surface area contributed by atoms with E-state index in [0.29, 0.717) is 12.7 Å². The number of phenols is 1. The average Bonchev–Trinajstić information content (AvgIpc) is 2.67. The standard InChI is InChI=1S/C21H19F3I2N2O2/c1-12-4-6-14(7-5-12)20(21(22,23)24)28-17(18(29)3-2-8-27)11-13-9-15(25)19(30)16(26)10-13/h4-7,9-10,17,20,28,30H,2-3,11H2,1H3/t17-,20-/m0/s1. The summed E-state index contributed by atoms with van der Waals surface area (Å²) in [7, 11) is 0. The van der Waals surface area contributed by atoms with Gasteiger partial charge in [0.05, 0.1) is 19.3 Å². The highest BCUT2D eigenvalue weighted by molar-refractivity contribution is 14.1. The third kappa shape index (κ3) is 6.81. The van der Waals surface area contributed by atoms with Crippen molar-refractivity contribution in [1.82, 2.24) is 5.32 Å². The van der Waals surface area contributed by atoms with Crippen LogP contribution in [-0.2, 0) is 11.2 Å². The molecule has 160 valence electrons. The van der Waals surface area contributed by atoms with Crippen molar-refractivity contribution in [2.75, 3.05) is 0 Å². The molecular formula is C21H19F3I2N2O2. The van der Waals surface area contributed by atoms with E-state index in [1.807, 2.05) is 51.3 Å². The lowest BCUT2D eigenvalue weighted by atomic mass is 9.96. The van der Waals surface area contributed by atoms with Gasteiger partial charge in [-0.1, -0.05) is 29.8 Å². The number of nitrogens with zero attached hydrogens (tertiary/aromatic N) is 1. The lowest BCUT2D eigenvalue weighted by Gasteiger charge is -2.27. The van der Waals surface area contributed by atoms with E-state index in [1.165, 1.54) is 12.1 Å². The molecular weight excluding hydrogens is 623 g/mol. The number of aryl methyl sites for hydroxylation is 1. The minimum Gasteiger partial charge on any atom is -0.506 e. The summed E-state index contributed by atoms with van der Waals surface area (Å²) < 4.78 is 42.6. The van der Waals surface area contributed by atoms with Gasteiger partial charge in [-0.2, -0.15) is 18.4 Å². The van der Waals surface area contributed by atoms with E-state index in [0.717, 1.165) is 5.56 Å². The van der Waals surface area contributed by atoms with Crippen molar-refractivity contribution < 1.29 is 23.1 Å². The number of aromatic hydroxyl groups is 1. The van der Waals surface area contributed by atoms with Crippen LogP contribution in [0.15, 0.2) is 36.4 Å². The van der Waals surface area contributed by atoms with Crippen LogP contribution in [0.1, 0.15) is 35.6 Å². The summed E-state index contributed by atoms with van der Waals surface area (Å²) in [5.41, 5.74) is 1.46. The summed E-state index contributed by atoms with van der Waals surface area (Å²) in [6, 6.07) is 7.94.